The molecule has 3 aromatic heterocycles. The van der Waals surface area contributed by atoms with Crippen LogP contribution in [0.2, 0.25) is 0 Å². The van der Waals surface area contributed by atoms with Crippen LogP contribution in [0.1, 0.15) is 11.5 Å². The average molecular weight is 743 g/mol. The van der Waals surface area contributed by atoms with Gasteiger partial charge in [-0.1, -0.05) is 133 Å². The molecule has 4 heterocycles. The fraction of sp³-hybridized carbons (Fsp3) is 0.0370. The second-order valence-corrected chi connectivity index (χ2v) is 15.6. The van der Waals surface area contributed by atoms with E-state index in [1.807, 2.05) is 0 Å². The molecule has 0 amide bonds. The van der Waals surface area contributed by atoms with Gasteiger partial charge in [-0.15, -0.1) is 0 Å². The van der Waals surface area contributed by atoms with Crippen LogP contribution in [-0.2, 0) is 0 Å². The van der Waals surface area contributed by atoms with E-state index in [2.05, 4.69) is 204 Å². The van der Waals surface area contributed by atoms with E-state index >= 15 is 0 Å². The molecule has 2 unspecified atom stereocenters. The first-order valence-corrected chi connectivity index (χ1v) is 20.0. The minimum absolute atomic E-state index is 0.206. The zero-order chi connectivity index (χ0) is 37.9. The molecule has 0 fully saturated rings. The second kappa shape index (κ2) is 12.0. The molecule has 4 heteroatoms. The largest absolute Gasteiger partial charge is 0.455 e. The number of nitrogens with zero attached hydrogens (tertiary/aromatic N) is 2. The number of hydrogen-bond donors (Lipinski definition) is 0. The number of rotatable bonds is 4. The highest BCUT2D eigenvalue weighted by molar-refractivity contribution is 6.13. The lowest BCUT2D eigenvalue weighted by atomic mass is 9.91. The van der Waals surface area contributed by atoms with E-state index in [-0.39, 0.29) is 6.04 Å². The van der Waals surface area contributed by atoms with Crippen LogP contribution >= 0.6 is 0 Å². The smallest absolute Gasteiger partial charge is 0.159 e. The summed E-state index contributed by atoms with van der Waals surface area (Å²) >= 11 is 0. The molecule has 2 aliphatic rings. The number of hydrogen-bond acceptors (Lipinski definition) is 3. The molecule has 2 atom stereocenters. The number of para-hydroxylation sites is 5. The van der Waals surface area contributed by atoms with Gasteiger partial charge in [0.15, 0.2) is 5.58 Å². The molecule has 0 N–H and O–H groups in total. The summed E-state index contributed by atoms with van der Waals surface area (Å²) in [5.74, 6) is 0.314. The SMILES string of the molecule is C1=CC2c3ccccc3N(c3cccc4c3oc3ccc(-c5ccc6oc7c(-c8cccc(-n9c%10ccccc%10c%10ccccc%109)c8)cccc7c6c5)cc34)C2C=C1. The van der Waals surface area contributed by atoms with Crippen LogP contribution in [0.25, 0.3) is 93.6 Å². The maximum atomic E-state index is 6.73. The third kappa shape index (κ3) is 4.45. The van der Waals surface area contributed by atoms with Crippen LogP contribution in [0.3, 0.4) is 0 Å². The van der Waals surface area contributed by atoms with Gasteiger partial charge < -0.3 is 18.3 Å². The van der Waals surface area contributed by atoms with Crippen molar-refractivity contribution >= 4 is 77.1 Å². The predicted molar refractivity (Wildman–Crippen MR) is 240 cm³/mol. The molecule has 1 aliphatic heterocycles. The first kappa shape index (κ1) is 31.6. The summed E-state index contributed by atoms with van der Waals surface area (Å²) in [6.07, 6.45) is 8.96. The average Bonchev–Trinajstić information content (AvgIpc) is 4.04. The Morgan fingerprint density at radius 1 is 0.414 bits per heavy atom. The quantitative estimate of drug-likeness (QED) is 0.180. The van der Waals surface area contributed by atoms with Gasteiger partial charge in [0.05, 0.1) is 22.8 Å². The number of anilines is 2. The van der Waals surface area contributed by atoms with E-state index < -0.39 is 0 Å². The normalized spacial score (nSPS) is 16.1. The first-order valence-electron chi connectivity index (χ1n) is 20.0. The monoisotopic (exact) mass is 742 g/mol. The molecule has 0 saturated carbocycles. The van der Waals surface area contributed by atoms with Crippen molar-refractivity contribution in [3.05, 3.63) is 200 Å². The van der Waals surface area contributed by atoms with Crippen molar-refractivity contribution in [1.82, 2.24) is 4.57 Å². The number of allylic oxidation sites excluding steroid dienone is 2. The Labute approximate surface area is 333 Å². The highest BCUT2D eigenvalue weighted by atomic mass is 16.3. The third-order valence-corrected chi connectivity index (χ3v) is 12.5. The first-order chi connectivity index (χ1) is 28.8. The summed E-state index contributed by atoms with van der Waals surface area (Å²) in [6.45, 7) is 0. The van der Waals surface area contributed by atoms with E-state index in [1.165, 1.54) is 33.1 Å². The van der Waals surface area contributed by atoms with Crippen molar-refractivity contribution in [3.63, 3.8) is 0 Å². The fourth-order valence-corrected chi connectivity index (χ4v) is 9.94. The topological polar surface area (TPSA) is 34.5 Å². The van der Waals surface area contributed by atoms with Crippen molar-refractivity contribution < 1.29 is 8.83 Å². The van der Waals surface area contributed by atoms with Crippen LogP contribution in [0, 0.1) is 0 Å². The maximum Gasteiger partial charge on any atom is 0.159 e. The zero-order valence-electron chi connectivity index (χ0n) is 31.3. The lowest BCUT2D eigenvalue weighted by Gasteiger charge is -2.28. The molecule has 0 spiro atoms. The highest BCUT2D eigenvalue weighted by Crippen LogP contribution is 2.50. The minimum Gasteiger partial charge on any atom is -0.455 e. The Kier molecular flexibility index (Phi) is 6.53. The summed E-state index contributed by atoms with van der Waals surface area (Å²) in [7, 11) is 0. The molecule has 272 valence electrons. The Hall–Kier alpha value is -7.56. The number of aromatic nitrogens is 1. The van der Waals surface area contributed by atoms with Gasteiger partial charge in [0.1, 0.15) is 16.7 Å². The van der Waals surface area contributed by atoms with Crippen LogP contribution in [0.4, 0.5) is 11.4 Å². The second-order valence-electron chi connectivity index (χ2n) is 15.6. The van der Waals surface area contributed by atoms with Crippen LogP contribution in [0.15, 0.2) is 203 Å². The molecule has 13 rings (SSSR count). The van der Waals surface area contributed by atoms with Crippen LogP contribution in [0.5, 0.6) is 0 Å². The minimum atomic E-state index is 0.206. The van der Waals surface area contributed by atoms with E-state index in [4.69, 9.17) is 8.83 Å². The lowest BCUT2D eigenvalue weighted by molar-refractivity contribution is 0.663. The highest BCUT2D eigenvalue weighted by Gasteiger charge is 2.38. The van der Waals surface area contributed by atoms with E-state index in [0.29, 0.717) is 5.92 Å². The number of fused-ring (bicyclic) bond motifs is 12. The van der Waals surface area contributed by atoms with Crippen LogP contribution < -0.4 is 4.90 Å². The predicted octanol–water partition coefficient (Wildman–Crippen LogP) is 14.6. The molecule has 58 heavy (non-hydrogen) atoms. The lowest BCUT2D eigenvalue weighted by Crippen LogP contribution is -2.28. The summed E-state index contributed by atoms with van der Waals surface area (Å²) in [5.41, 5.74) is 15.2. The zero-order valence-corrected chi connectivity index (χ0v) is 31.3. The number of benzene rings is 8. The number of furan rings is 2. The van der Waals surface area contributed by atoms with Gasteiger partial charge in [-0.3, -0.25) is 0 Å². The van der Waals surface area contributed by atoms with Gasteiger partial charge in [0.2, 0.25) is 0 Å². The fourth-order valence-electron chi connectivity index (χ4n) is 9.94. The molecule has 8 aromatic carbocycles. The van der Waals surface area contributed by atoms with Gasteiger partial charge >= 0.3 is 0 Å². The van der Waals surface area contributed by atoms with E-state index in [0.717, 1.165) is 77.5 Å². The molecule has 1 aliphatic carbocycles. The Morgan fingerprint density at radius 3 is 1.79 bits per heavy atom. The Balaban J connectivity index is 0.905. The van der Waals surface area contributed by atoms with Gasteiger partial charge in [-0.05, 0) is 82.9 Å². The maximum absolute atomic E-state index is 6.73. The van der Waals surface area contributed by atoms with E-state index in [9.17, 15) is 0 Å². The molecule has 0 radical (unpaired) electrons. The van der Waals surface area contributed by atoms with Crippen molar-refractivity contribution in [1.29, 1.82) is 0 Å². The van der Waals surface area contributed by atoms with Crippen molar-refractivity contribution in [2.24, 2.45) is 0 Å². The van der Waals surface area contributed by atoms with Crippen LogP contribution in [-0.4, -0.2) is 10.6 Å². The molecule has 0 bridgehead atoms. The van der Waals surface area contributed by atoms with Crippen molar-refractivity contribution in [2.45, 2.75) is 12.0 Å². The van der Waals surface area contributed by atoms with E-state index in [1.54, 1.807) is 0 Å². The summed E-state index contributed by atoms with van der Waals surface area (Å²) in [5, 5.41) is 6.94. The molecular weight excluding hydrogens is 709 g/mol. The van der Waals surface area contributed by atoms with Gasteiger partial charge in [-0.25, -0.2) is 0 Å². The summed E-state index contributed by atoms with van der Waals surface area (Å²) in [6, 6.07) is 61.3. The van der Waals surface area contributed by atoms with Gasteiger partial charge in [0, 0.05) is 55.2 Å². The Bertz CT molecular complexity index is 3500. The molecule has 4 nitrogen and oxygen atoms in total. The van der Waals surface area contributed by atoms with Crippen molar-refractivity contribution in [2.75, 3.05) is 4.90 Å². The Morgan fingerprint density at radius 2 is 1.02 bits per heavy atom. The van der Waals surface area contributed by atoms with Gasteiger partial charge in [0.25, 0.3) is 0 Å². The van der Waals surface area contributed by atoms with Crippen molar-refractivity contribution in [3.8, 4) is 27.9 Å². The summed E-state index contributed by atoms with van der Waals surface area (Å²) < 4.78 is 15.8. The summed E-state index contributed by atoms with van der Waals surface area (Å²) in [4.78, 5) is 2.46. The molecular formula is C54H34N2O2. The van der Waals surface area contributed by atoms with Gasteiger partial charge in [-0.2, -0.15) is 0 Å². The standard InChI is InChI=1S/C54H34N2O2/c1-5-21-46-38(14-1)39-15-2-6-22-47(39)55(46)36-13-9-12-35(30-36)37-18-10-19-42-44-31-33(26-28-51(44)57-53(37)42)34-27-29-52-45(32-34)43-20-11-25-50(54(43)58-52)56-48-23-7-3-16-40(48)41-17-4-8-24-49(41)56/h1-32,40,48H. The molecule has 11 aromatic rings. The molecule has 0 saturated heterocycles. The third-order valence-electron chi connectivity index (χ3n) is 12.5.